The highest BCUT2D eigenvalue weighted by Crippen LogP contribution is 2.44. The van der Waals surface area contributed by atoms with Crippen molar-refractivity contribution < 1.29 is 35.9 Å². The number of benzene rings is 2. The summed E-state index contributed by atoms with van der Waals surface area (Å²) in [5, 5.41) is 7.48. The molecule has 0 aliphatic carbocycles. The topological polar surface area (TPSA) is 104 Å². The highest BCUT2D eigenvalue weighted by Gasteiger charge is 2.39. The number of alkyl halides is 6. The van der Waals surface area contributed by atoms with E-state index in [2.05, 4.69) is 30.3 Å². The molecule has 0 atom stereocenters. The van der Waals surface area contributed by atoms with E-state index < -0.39 is 46.5 Å². The Labute approximate surface area is 205 Å². The van der Waals surface area contributed by atoms with Gasteiger partial charge in [-0.25, -0.2) is 14.8 Å². The number of nitrogens with zero attached hydrogens (tertiary/aromatic N) is 2. The van der Waals surface area contributed by atoms with E-state index in [1.165, 1.54) is 0 Å². The summed E-state index contributed by atoms with van der Waals surface area (Å²) < 4.78 is 87.8. The molecule has 1 amide bonds. The fraction of sp³-hybridized carbons (Fsp3) is 0.174. The molecule has 0 unspecified atom stereocenters. The third-order valence-electron chi connectivity index (χ3n) is 5.32. The quantitative estimate of drug-likeness (QED) is 0.219. The van der Waals surface area contributed by atoms with Crippen molar-refractivity contribution in [3.05, 3.63) is 59.9 Å². The average Bonchev–Trinajstić information content (AvgIpc) is 3.26. The molecule has 4 rings (SSSR count). The fourth-order valence-electron chi connectivity index (χ4n) is 3.69. The number of amides is 1. The number of fused-ring (bicyclic) bond motifs is 1. The molecule has 0 radical (unpaired) electrons. The lowest BCUT2D eigenvalue weighted by molar-refractivity contribution is -0.137. The zero-order chi connectivity index (χ0) is 27.0. The molecule has 0 fully saturated rings. The first-order valence-electron chi connectivity index (χ1n) is 10.5. The Morgan fingerprint density at radius 2 is 1.76 bits per heavy atom. The van der Waals surface area contributed by atoms with Gasteiger partial charge in [-0.2, -0.15) is 26.3 Å². The van der Waals surface area contributed by atoms with Gasteiger partial charge in [0.25, 0.3) is 0 Å². The lowest BCUT2D eigenvalue weighted by atomic mass is 10.0. The van der Waals surface area contributed by atoms with Crippen molar-refractivity contribution in [3.63, 3.8) is 0 Å². The van der Waals surface area contributed by atoms with Gasteiger partial charge in [-0.1, -0.05) is 12.1 Å². The zero-order valence-electron chi connectivity index (χ0n) is 19.1. The van der Waals surface area contributed by atoms with Crippen LogP contribution in [0.25, 0.3) is 22.2 Å². The van der Waals surface area contributed by atoms with Crippen molar-refractivity contribution in [1.29, 1.82) is 0 Å². The van der Waals surface area contributed by atoms with Crippen LogP contribution in [0.5, 0.6) is 0 Å². The van der Waals surface area contributed by atoms with Crippen LogP contribution in [0.2, 0.25) is 0 Å². The zero-order valence-corrected chi connectivity index (χ0v) is 19.1. The fourth-order valence-corrected chi connectivity index (χ4v) is 3.69. The standard InChI is InChI=1S/C23H18F6N6O2/c1-30-11-4-3-5-12(8-11)33-20-32-10-15(22(24,25)26)18(35-20)14-9-31-19-13(14)6-7-16(34-21(36)37-2)17(19)23(27,28)29/h3-10,30-31H,1-2H3,(H,34,36)(H,32,33,35). The van der Waals surface area contributed by atoms with Crippen LogP contribution >= 0.6 is 0 Å². The lowest BCUT2D eigenvalue weighted by Crippen LogP contribution is -2.16. The monoisotopic (exact) mass is 524 g/mol. The predicted molar refractivity (Wildman–Crippen MR) is 125 cm³/mol. The van der Waals surface area contributed by atoms with Crippen molar-refractivity contribution in [2.75, 3.05) is 30.1 Å². The normalized spacial score (nSPS) is 11.9. The molecule has 0 aliphatic heterocycles. The largest absolute Gasteiger partial charge is 0.453 e. The number of halogens is 6. The summed E-state index contributed by atoms with van der Waals surface area (Å²) in [5.74, 6) is -0.203. The molecule has 0 aliphatic rings. The summed E-state index contributed by atoms with van der Waals surface area (Å²) >= 11 is 0. The molecular weight excluding hydrogens is 506 g/mol. The number of methoxy groups -OCH3 is 1. The Morgan fingerprint density at radius 3 is 2.41 bits per heavy atom. The van der Waals surface area contributed by atoms with Gasteiger partial charge in [-0.05, 0) is 24.3 Å². The highest BCUT2D eigenvalue weighted by atomic mass is 19.4. The molecule has 8 nitrogen and oxygen atoms in total. The van der Waals surface area contributed by atoms with E-state index in [1.807, 2.05) is 5.32 Å². The van der Waals surface area contributed by atoms with E-state index in [4.69, 9.17) is 0 Å². The first-order valence-corrected chi connectivity index (χ1v) is 10.5. The van der Waals surface area contributed by atoms with Crippen LogP contribution in [0.4, 0.5) is 54.1 Å². The van der Waals surface area contributed by atoms with Crippen LogP contribution in [0.15, 0.2) is 48.8 Å². The molecule has 194 valence electrons. The maximum absolute atomic E-state index is 13.9. The minimum atomic E-state index is -4.97. The molecule has 2 aromatic heterocycles. The summed E-state index contributed by atoms with van der Waals surface area (Å²) in [6.45, 7) is 0. The third-order valence-corrected chi connectivity index (χ3v) is 5.32. The summed E-state index contributed by atoms with van der Waals surface area (Å²) in [5.41, 5.74) is -3.40. The second kappa shape index (κ2) is 9.52. The van der Waals surface area contributed by atoms with Gasteiger partial charge in [0, 0.05) is 41.8 Å². The van der Waals surface area contributed by atoms with Crippen LogP contribution in [-0.2, 0) is 17.1 Å². The van der Waals surface area contributed by atoms with Gasteiger partial charge in [0.2, 0.25) is 5.95 Å². The molecule has 2 aromatic carbocycles. The number of rotatable bonds is 5. The van der Waals surface area contributed by atoms with Crippen molar-refractivity contribution in [2.45, 2.75) is 12.4 Å². The maximum Gasteiger partial charge on any atom is 0.420 e. The van der Waals surface area contributed by atoms with Crippen LogP contribution in [-0.4, -0.2) is 35.2 Å². The Kier molecular flexibility index (Phi) is 6.59. The minimum absolute atomic E-state index is 0.199. The van der Waals surface area contributed by atoms with Gasteiger partial charge < -0.3 is 20.4 Å². The number of aromatic amines is 1. The van der Waals surface area contributed by atoms with Gasteiger partial charge >= 0.3 is 18.4 Å². The molecule has 0 saturated carbocycles. The van der Waals surface area contributed by atoms with Crippen LogP contribution in [0.1, 0.15) is 11.1 Å². The van der Waals surface area contributed by atoms with E-state index in [0.717, 1.165) is 25.4 Å². The number of hydrogen-bond donors (Lipinski definition) is 4. The van der Waals surface area contributed by atoms with Crippen LogP contribution < -0.4 is 16.0 Å². The minimum Gasteiger partial charge on any atom is -0.453 e. The molecule has 0 saturated heterocycles. The van der Waals surface area contributed by atoms with Crippen molar-refractivity contribution in [3.8, 4) is 11.3 Å². The van der Waals surface area contributed by atoms with E-state index in [-0.39, 0.29) is 16.9 Å². The Morgan fingerprint density at radius 1 is 1.03 bits per heavy atom. The van der Waals surface area contributed by atoms with E-state index in [0.29, 0.717) is 17.6 Å². The molecule has 0 spiro atoms. The first-order chi connectivity index (χ1) is 17.4. The number of hydrogen-bond acceptors (Lipinski definition) is 6. The third kappa shape index (κ3) is 5.22. The van der Waals surface area contributed by atoms with Crippen molar-refractivity contribution >= 4 is 40.0 Å². The molecule has 37 heavy (non-hydrogen) atoms. The van der Waals surface area contributed by atoms with E-state index in [9.17, 15) is 31.1 Å². The Bertz CT molecular complexity index is 1460. The van der Waals surface area contributed by atoms with Gasteiger partial charge in [-0.3, -0.25) is 5.32 Å². The molecule has 0 bridgehead atoms. The number of ether oxygens (including phenoxy) is 1. The molecule has 14 heteroatoms. The van der Waals surface area contributed by atoms with Crippen LogP contribution in [0, 0.1) is 0 Å². The highest BCUT2D eigenvalue weighted by molar-refractivity contribution is 6.01. The summed E-state index contributed by atoms with van der Waals surface area (Å²) in [7, 11) is 2.66. The predicted octanol–water partition coefficient (Wildman–Crippen LogP) is 6.63. The summed E-state index contributed by atoms with van der Waals surface area (Å²) in [6, 6.07) is 8.83. The second-order valence-electron chi connectivity index (χ2n) is 7.64. The SMILES string of the molecule is CNc1cccc(Nc2ncc(C(F)(F)F)c(-c3c[nH]c4c(C(F)(F)F)c(NC(=O)OC)ccc34)n2)c1. The van der Waals surface area contributed by atoms with E-state index >= 15 is 0 Å². The van der Waals surface area contributed by atoms with Crippen molar-refractivity contribution in [2.24, 2.45) is 0 Å². The number of carbonyl (C=O) groups excluding carboxylic acids is 1. The first kappa shape index (κ1) is 25.6. The van der Waals surface area contributed by atoms with Crippen LogP contribution in [0.3, 0.4) is 0 Å². The number of aromatic nitrogens is 3. The number of nitrogens with one attached hydrogen (secondary N) is 4. The Balaban J connectivity index is 1.88. The average molecular weight is 524 g/mol. The number of anilines is 4. The second-order valence-corrected chi connectivity index (χ2v) is 7.64. The molecule has 2 heterocycles. The Hall–Kier alpha value is -4.49. The van der Waals surface area contributed by atoms with Gasteiger partial charge in [0.1, 0.15) is 11.1 Å². The molecule has 4 N–H and O–H groups in total. The van der Waals surface area contributed by atoms with E-state index in [1.54, 1.807) is 31.3 Å². The smallest absolute Gasteiger partial charge is 0.420 e. The summed E-state index contributed by atoms with van der Waals surface area (Å²) in [4.78, 5) is 21.7. The lowest BCUT2D eigenvalue weighted by Gasteiger charge is -2.16. The molecular formula is C23H18F6N6O2. The van der Waals surface area contributed by atoms with Gasteiger partial charge in [-0.15, -0.1) is 0 Å². The van der Waals surface area contributed by atoms with Gasteiger partial charge in [0.05, 0.1) is 24.0 Å². The van der Waals surface area contributed by atoms with Crippen molar-refractivity contribution in [1.82, 2.24) is 15.0 Å². The van der Waals surface area contributed by atoms with Gasteiger partial charge in [0.15, 0.2) is 0 Å². The maximum atomic E-state index is 13.9. The molecule has 4 aromatic rings. The number of carbonyl (C=O) groups is 1. The number of H-pyrrole nitrogens is 1. The summed E-state index contributed by atoms with van der Waals surface area (Å²) in [6.07, 6.45) is -9.47.